The number of methoxy groups -OCH3 is 1. The largest absolute Gasteiger partial charge is 0.468 e. The molecule has 0 atom stereocenters. The molecule has 1 aliphatic rings. The molecule has 0 spiro atoms. The van der Waals surface area contributed by atoms with Gasteiger partial charge in [-0.05, 0) is 0 Å². The quantitative estimate of drug-likeness (QED) is 0.791. The van der Waals surface area contributed by atoms with Crippen molar-refractivity contribution in [1.29, 1.82) is 0 Å². The summed E-state index contributed by atoms with van der Waals surface area (Å²) in [5.41, 5.74) is 0. The number of anilines is 1. The molecule has 1 saturated heterocycles. The molecule has 0 aliphatic carbocycles. The fraction of sp³-hybridized carbons (Fsp3) is 0.636. The van der Waals surface area contributed by atoms with Gasteiger partial charge in [-0.15, -0.1) is 0 Å². The molecule has 1 fully saturated rings. The summed E-state index contributed by atoms with van der Waals surface area (Å²) in [6, 6.07) is 0. The summed E-state index contributed by atoms with van der Waals surface area (Å²) >= 11 is 0.646. The number of carbonyl (C=O) groups excluding carboxylic acids is 1. The van der Waals surface area contributed by atoms with Crippen LogP contribution in [0.5, 0.6) is 0 Å². The van der Waals surface area contributed by atoms with Gasteiger partial charge in [-0.3, -0.25) is 9.69 Å². The van der Waals surface area contributed by atoms with Gasteiger partial charge >= 0.3 is 12.1 Å². The molecule has 0 aromatic carbocycles. The molecule has 0 bridgehead atoms. The molecular weight excluding hydrogens is 295 g/mol. The van der Waals surface area contributed by atoms with E-state index in [0.717, 1.165) is 6.20 Å². The maximum Gasteiger partial charge on any atom is 0.427 e. The van der Waals surface area contributed by atoms with Crippen LogP contribution in [-0.4, -0.2) is 55.7 Å². The van der Waals surface area contributed by atoms with E-state index < -0.39 is 11.1 Å². The summed E-state index contributed by atoms with van der Waals surface area (Å²) in [6.07, 6.45) is -3.48. The van der Waals surface area contributed by atoms with E-state index >= 15 is 0 Å². The maximum absolute atomic E-state index is 12.5. The fourth-order valence-corrected chi connectivity index (χ4v) is 2.72. The van der Waals surface area contributed by atoms with Crippen LogP contribution in [0.4, 0.5) is 18.3 Å². The standard InChI is InChI=1S/C11H14F3N3O2S/c1-19-9(18)7-16-2-4-17(5-3-16)10-15-6-8(20-10)11(12,13)14/h6H,2-5,7H2,1H3. The van der Waals surface area contributed by atoms with Crippen molar-refractivity contribution in [3.8, 4) is 0 Å². The number of aromatic nitrogens is 1. The number of ether oxygens (including phenoxy) is 1. The molecule has 112 valence electrons. The average molecular weight is 309 g/mol. The second-order valence-electron chi connectivity index (χ2n) is 4.34. The lowest BCUT2D eigenvalue weighted by Gasteiger charge is -2.33. The van der Waals surface area contributed by atoms with E-state index in [1.807, 2.05) is 4.90 Å². The Morgan fingerprint density at radius 1 is 1.40 bits per heavy atom. The first kappa shape index (κ1) is 15.0. The van der Waals surface area contributed by atoms with E-state index in [1.54, 1.807) is 4.90 Å². The molecule has 0 unspecified atom stereocenters. The number of piperazine rings is 1. The molecular formula is C11H14F3N3O2S. The zero-order valence-electron chi connectivity index (χ0n) is 10.8. The van der Waals surface area contributed by atoms with Gasteiger partial charge in [0.2, 0.25) is 0 Å². The lowest BCUT2D eigenvalue weighted by molar-refractivity contribution is -0.142. The van der Waals surface area contributed by atoms with Gasteiger partial charge in [-0.1, -0.05) is 11.3 Å². The molecule has 20 heavy (non-hydrogen) atoms. The molecule has 0 radical (unpaired) electrons. The number of hydrogen-bond donors (Lipinski definition) is 0. The van der Waals surface area contributed by atoms with Gasteiger partial charge in [0.25, 0.3) is 0 Å². The predicted molar refractivity (Wildman–Crippen MR) is 67.8 cm³/mol. The van der Waals surface area contributed by atoms with E-state index in [4.69, 9.17) is 0 Å². The topological polar surface area (TPSA) is 45.7 Å². The summed E-state index contributed by atoms with van der Waals surface area (Å²) in [7, 11) is 1.33. The Labute approximate surface area is 117 Å². The highest BCUT2D eigenvalue weighted by Gasteiger charge is 2.34. The summed E-state index contributed by atoms with van der Waals surface area (Å²) in [5, 5.41) is 0.370. The van der Waals surface area contributed by atoms with Crippen molar-refractivity contribution in [2.45, 2.75) is 6.18 Å². The summed E-state index contributed by atoms with van der Waals surface area (Å²) in [5.74, 6) is -0.313. The predicted octanol–water partition coefficient (Wildman–Crippen LogP) is 1.46. The van der Waals surface area contributed by atoms with Gasteiger partial charge < -0.3 is 9.64 Å². The van der Waals surface area contributed by atoms with Gasteiger partial charge in [-0.2, -0.15) is 13.2 Å². The van der Waals surface area contributed by atoms with Crippen LogP contribution in [-0.2, 0) is 15.7 Å². The second kappa shape index (κ2) is 5.96. The first-order valence-electron chi connectivity index (χ1n) is 5.97. The normalized spacial score (nSPS) is 17.3. The smallest absolute Gasteiger partial charge is 0.427 e. The zero-order valence-corrected chi connectivity index (χ0v) is 11.6. The molecule has 0 amide bonds. The Morgan fingerprint density at radius 2 is 2.05 bits per heavy atom. The number of carbonyl (C=O) groups is 1. The third-order valence-electron chi connectivity index (χ3n) is 3.00. The van der Waals surface area contributed by atoms with Crippen LogP contribution in [0.25, 0.3) is 0 Å². The molecule has 1 aliphatic heterocycles. The number of halogens is 3. The highest BCUT2D eigenvalue weighted by Crippen LogP contribution is 2.36. The summed E-state index contributed by atoms with van der Waals surface area (Å²) < 4.78 is 42.1. The first-order chi connectivity index (χ1) is 9.40. The Balaban J connectivity index is 1.91. The van der Waals surface area contributed by atoms with Crippen LogP contribution >= 0.6 is 11.3 Å². The average Bonchev–Trinajstić information content (AvgIpc) is 2.89. The van der Waals surface area contributed by atoms with Crippen molar-refractivity contribution >= 4 is 22.4 Å². The van der Waals surface area contributed by atoms with Gasteiger partial charge in [0, 0.05) is 26.2 Å². The number of nitrogens with zero attached hydrogens (tertiary/aromatic N) is 3. The Kier molecular flexibility index (Phi) is 4.48. The van der Waals surface area contributed by atoms with Crippen molar-refractivity contribution < 1.29 is 22.7 Å². The minimum absolute atomic E-state index is 0.204. The molecule has 0 N–H and O–H groups in total. The van der Waals surface area contributed by atoms with Crippen molar-refractivity contribution in [3.05, 3.63) is 11.1 Å². The number of hydrogen-bond acceptors (Lipinski definition) is 6. The Hall–Kier alpha value is -1.35. The van der Waals surface area contributed by atoms with Crippen LogP contribution in [0.1, 0.15) is 4.88 Å². The summed E-state index contributed by atoms with van der Waals surface area (Å²) in [6.45, 7) is 2.48. The van der Waals surface area contributed by atoms with E-state index in [-0.39, 0.29) is 12.5 Å². The van der Waals surface area contributed by atoms with Crippen LogP contribution < -0.4 is 4.90 Å². The lowest BCUT2D eigenvalue weighted by atomic mass is 10.3. The van der Waals surface area contributed by atoms with Crippen molar-refractivity contribution in [2.24, 2.45) is 0 Å². The third kappa shape index (κ3) is 3.60. The molecule has 1 aromatic rings. The first-order valence-corrected chi connectivity index (χ1v) is 6.79. The Bertz CT molecular complexity index is 470. The van der Waals surface area contributed by atoms with Crippen LogP contribution in [0.2, 0.25) is 0 Å². The fourth-order valence-electron chi connectivity index (χ4n) is 1.89. The van der Waals surface area contributed by atoms with E-state index in [1.165, 1.54) is 7.11 Å². The van der Waals surface area contributed by atoms with E-state index in [9.17, 15) is 18.0 Å². The molecule has 5 nitrogen and oxygen atoms in total. The molecule has 0 saturated carbocycles. The van der Waals surface area contributed by atoms with E-state index in [0.29, 0.717) is 42.6 Å². The van der Waals surface area contributed by atoms with Crippen molar-refractivity contribution in [2.75, 3.05) is 44.7 Å². The van der Waals surface area contributed by atoms with Gasteiger partial charge in [0.05, 0.1) is 19.9 Å². The summed E-state index contributed by atoms with van der Waals surface area (Å²) in [4.78, 5) is 18.0. The highest BCUT2D eigenvalue weighted by atomic mass is 32.1. The van der Waals surface area contributed by atoms with Gasteiger partial charge in [0.15, 0.2) is 5.13 Å². The molecule has 2 heterocycles. The van der Waals surface area contributed by atoms with Crippen LogP contribution in [0.15, 0.2) is 6.20 Å². The number of rotatable bonds is 3. The second-order valence-corrected chi connectivity index (χ2v) is 5.35. The number of thiazole rings is 1. The molecule has 9 heteroatoms. The zero-order chi connectivity index (χ0) is 14.8. The van der Waals surface area contributed by atoms with Crippen molar-refractivity contribution in [1.82, 2.24) is 9.88 Å². The minimum atomic E-state index is -4.34. The van der Waals surface area contributed by atoms with Crippen LogP contribution in [0.3, 0.4) is 0 Å². The van der Waals surface area contributed by atoms with Gasteiger partial charge in [-0.25, -0.2) is 4.98 Å². The number of esters is 1. The highest BCUT2D eigenvalue weighted by molar-refractivity contribution is 7.15. The molecule has 2 rings (SSSR count). The van der Waals surface area contributed by atoms with E-state index in [2.05, 4.69) is 9.72 Å². The minimum Gasteiger partial charge on any atom is -0.468 e. The third-order valence-corrected chi connectivity index (χ3v) is 4.10. The lowest BCUT2D eigenvalue weighted by Crippen LogP contribution is -2.48. The monoisotopic (exact) mass is 309 g/mol. The Morgan fingerprint density at radius 3 is 2.55 bits per heavy atom. The van der Waals surface area contributed by atoms with Gasteiger partial charge in [0.1, 0.15) is 4.88 Å². The van der Waals surface area contributed by atoms with Crippen LogP contribution in [0, 0.1) is 0 Å². The maximum atomic E-state index is 12.5. The molecule has 1 aromatic heterocycles. The van der Waals surface area contributed by atoms with Crippen molar-refractivity contribution in [3.63, 3.8) is 0 Å². The SMILES string of the molecule is COC(=O)CN1CCN(c2ncc(C(F)(F)F)s2)CC1. The number of alkyl halides is 3.